The molecular weight excluding hydrogens is 198 g/mol. The molecule has 0 bridgehead atoms. The van der Waals surface area contributed by atoms with Crippen molar-refractivity contribution in [3.05, 3.63) is 0 Å². The average molecular weight is 225 g/mol. The summed E-state index contributed by atoms with van der Waals surface area (Å²) in [5.74, 6) is 1.90. The van der Waals surface area contributed by atoms with Crippen molar-refractivity contribution < 1.29 is 0 Å². The summed E-state index contributed by atoms with van der Waals surface area (Å²) in [4.78, 5) is 8.94. The summed E-state index contributed by atoms with van der Waals surface area (Å²) in [6.45, 7) is 1.01. The summed E-state index contributed by atoms with van der Waals surface area (Å²) in [6.07, 6.45) is 8.40. The third kappa shape index (κ3) is 4.42. The van der Waals surface area contributed by atoms with Crippen LogP contribution in [-0.2, 0) is 0 Å². The lowest BCUT2D eigenvalue weighted by Gasteiger charge is -2.23. The van der Waals surface area contributed by atoms with Crippen molar-refractivity contribution in [1.29, 1.82) is 0 Å². The lowest BCUT2D eigenvalue weighted by Crippen LogP contribution is -2.35. The molecule has 3 nitrogen and oxygen atoms in total. The first kappa shape index (κ1) is 13.3. The summed E-state index contributed by atoms with van der Waals surface area (Å²) in [5, 5.41) is 0. The van der Waals surface area contributed by atoms with Crippen LogP contribution in [0, 0.1) is 5.92 Å². The van der Waals surface area contributed by atoms with Crippen molar-refractivity contribution in [2.24, 2.45) is 10.9 Å². The molecule has 0 atom stereocenters. The van der Waals surface area contributed by atoms with Gasteiger partial charge in [0, 0.05) is 34.7 Å². The fourth-order valence-electron chi connectivity index (χ4n) is 2.44. The second-order valence-corrected chi connectivity index (χ2v) is 5.29. The summed E-state index contributed by atoms with van der Waals surface area (Å²) in [7, 11) is 8.25. The second-order valence-electron chi connectivity index (χ2n) is 5.29. The molecular formula is C13H27N3. The monoisotopic (exact) mass is 225 g/mol. The quantitative estimate of drug-likeness (QED) is 0.408. The van der Waals surface area contributed by atoms with Crippen LogP contribution in [0.2, 0.25) is 0 Å². The first-order valence-electron chi connectivity index (χ1n) is 6.50. The first-order valence-corrected chi connectivity index (χ1v) is 6.50. The van der Waals surface area contributed by atoms with E-state index in [2.05, 4.69) is 38.0 Å². The molecule has 1 rings (SSSR count). The third-order valence-corrected chi connectivity index (χ3v) is 3.27. The van der Waals surface area contributed by atoms with Crippen molar-refractivity contribution in [1.82, 2.24) is 9.80 Å². The Morgan fingerprint density at radius 3 is 1.88 bits per heavy atom. The summed E-state index contributed by atoms with van der Waals surface area (Å²) in [5.41, 5.74) is 0. The Morgan fingerprint density at radius 1 is 0.938 bits per heavy atom. The van der Waals surface area contributed by atoms with E-state index in [0.29, 0.717) is 0 Å². The lowest BCUT2D eigenvalue weighted by molar-refractivity contribution is 0.445. The van der Waals surface area contributed by atoms with Crippen LogP contribution < -0.4 is 0 Å². The highest BCUT2D eigenvalue weighted by atomic mass is 15.3. The normalized spacial score (nSPS) is 17.8. The smallest absolute Gasteiger partial charge is 0.195 e. The van der Waals surface area contributed by atoms with E-state index in [-0.39, 0.29) is 0 Å². The minimum Gasteiger partial charge on any atom is -0.349 e. The number of hydrogen-bond donors (Lipinski definition) is 0. The molecule has 3 heteroatoms. The van der Waals surface area contributed by atoms with E-state index in [1.165, 1.54) is 38.5 Å². The van der Waals surface area contributed by atoms with Crippen LogP contribution in [0.1, 0.15) is 38.5 Å². The van der Waals surface area contributed by atoms with Gasteiger partial charge in [-0.05, 0) is 18.8 Å². The Balaban J connectivity index is 2.47. The molecule has 1 saturated carbocycles. The highest BCUT2D eigenvalue weighted by molar-refractivity contribution is 5.79. The van der Waals surface area contributed by atoms with E-state index in [4.69, 9.17) is 4.99 Å². The molecule has 0 aliphatic heterocycles. The molecule has 0 aromatic heterocycles. The van der Waals surface area contributed by atoms with Crippen molar-refractivity contribution in [3.8, 4) is 0 Å². The van der Waals surface area contributed by atoms with Crippen LogP contribution in [0.15, 0.2) is 4.99 Å². The fourth-order valence-corrected chi connectivity index (χ4v) is 2.44. The maximum atomic E-state index is 4.76. The summed E-state index contributed by atoms with van der Waals surface area (Å²) >= 11 is 0. The van der Waals surface area contributed by atoms with Crippen molar-refractivity contribution in [3.63, 3.8) is 0 Å². The SMILES string of the molecule is CN(C)C(=NCC1CCCCCC1)N(C)C. The Morgan fingerprint density at radius 2 is 1.44 bits per heavy atom. The van der Waals surface area contributed by atoms with Gasteiger partial charge in [-0.15, -0.1) is 0 Å². The van der Waals surface area contributed by atoms with Gasteiger partial charge in [-0.2, -0.15) is 0 Å². The van der Waals surface area contributed by atoms with Crippen LogP contribution in [0.25, 0.3) is 0 Å². The largest absolute Gasteiger partial charge is 0.349 e. The molecule has 0 amide bonds. The van der Waals surface area contributed by atoms with Crippen LogP contribution >= 0.6 is 0 Å². The van der Waals surface area contributed by atoms with E-state index >= 15 is 0 Å². The van der Waals surface area contributed by atoms with Crippen LogP contribution in [-0.4, -0.2) is 50.5 Å². The van der Waals surface area contributed by atoms with Crippen molar-refractivity contribution in [2.45, 2.75) is 38.5 Å². The molecule has 0 radical (unpaired) electrons. The predicted molar refractivity (Wildman–Crippen MR) is 70.9 cm³/mol. The molecule has 1 aliphatic carbocycles. The summed E-state index contributed by atoms with van der Waals surface area (Å²) < 4.78 is 0. The van der Waals surface area contributed by atoms with Crippen LogP contribution in [0.5, 0.6) is 0 Å². The molecule has 0 saturated heterocycles. The standard InChI is InChI=1S/C13H27N3/c1-15(2)13(16(3)4)14-11-12-9-7-5-6-8-10-12/h12H,5-11H2,1-4H3. The van der Waals surface area contributed by atoms with E-state index in [9.17, 15) is 0 Å². The Labute approximate surface area is 101 Å². The molecule has 0 spiro atoms. The van der Waals surface area contributed by atoms with E-state index < -0.39 is 0 Å². The molecule has 0 aromatic carbocycles. The molecule has 0 unspecified atom stereocenters. The van der Waals surface area contributed by atoms with Gasteiger partial charge in [0.2, 0.25) is 0 Å². The van der Waals surface area contributed by atoms with Gasteiger partial charge in [0.1, 0.15) is 0 Å². The van der Waals surface area contributed by atoms with E-state index in [1.54, 1.807) is 0 Å². The van der Waals surface area contributed by atoms with Gasteiger partial charge in [-0.1, -0.05) is 25.7 Å². The molecule has 0 aromatic rings. The minimum atomic E-state index is 0.817. The van der Waals surface area contributed by atoms with Crippen molar-refractivity contribution in [2.75, 3.05) is 34.7 Å². The van der Waals surface area contributed by atoms with Gasteiger partial charge in [-0.25, -0.2) is 0 Å². The number of guanidine groups is 1. The highest BCUT2D eigenvalue weighted by Crippen LogP contribution is 2.22. The maximum absolute atomic E-state index is 4.76. The number of aliphatic imine (C=N–C) groups is 1. The highest BCUT2D eigenvalue weighted by Gasteiger charge is 2.12. The zero-order valence-electron chi connectivity index (χ0n) is 11.4. The third-order valence-electron chi connectivity index (χ3n) is 3.27. The number of rotatable bonds is 2. The van der Waals surface area contributed by atoms with Crippen molar-refractivity contribution >= 4 is 5.96 Å². The Bertz CT molecular complexity index is 203. The maximum Gasteiger partial charge on any atom is 0.195 e. The Hall–Kier alpha value is -0.730. The molecule has 1 fully saturated rings. The van der Waals surface area contributed by atoms with Gasteiger partial charge in [0.05, 0.1) is 0 Å². The molecule has 0 heterocycles. The fraction of sp³-hybridized carbons (Fsp3) is 0.923. The molecule has 94 valence electrons. The molecule has 16 heavy (non-hydrogen) atoms. The van der Waals surface area contributed by atoms with E-state index in [1.807, 2.05) is 0 Å². The van der Waals surface area contributed by atoms with Crippen LogP contribution in [0.4, 0.5) is 0 Å². The van der Waals surface area contributed by atoms with E-state index in [0.717, 1.165) is 18.4 Å². The lowest BCUT2D eigenvalue weighted by atomic mass is 10.0. The minimum absolute atomic E-state index is 0.817. The van der Waals surface area contributed by atoms with Gasteiger partial charge in [-0.3, -0.25) is 4.99 Å². The predicted octanol–water partition coefficient (Wildman–Crippen LogP) is 2.44. The summed E-state index contributed by atoms with van der Waals surface area (Å²) in [6, 6.07) is 0. The van der Waals surface area contributed by atoms with Gasteiger partial charge >= 0.3 is 0 Å². The number of hydrogen-bond acceptors (Lipinski definition) is 1. The zero-order chi connectivity index (χ0) is 12.0. The zero-order valence-corrected chi connectivity index (χ0v) is 11.4. The van der Waals surface area contributed by atoms with Gasteiger partial charge in [0.15, 0.2) is 5.96 Å². The van der Waals surface area contributed by atoms with Crippen LogP contribution in [0.3, 0.4) is 0 Å². The first-order chi connectivity index (χ1) is 7.61. The van der Waals surface area contributed by atoms with Gasteiger partial charge < -0.3 is 9.80 Å². The second kappa shape index (κ2) is 6.77. The molecule has 0 N–H and O–H groups in total. The topological polar surface area (TPSA) is 18.8 Å². The van der Waals surface area contributed by atoms with Gasteiger partial charge in [0.25, 0.3) is 0 Å². The molecule has 1 aliphatic rings. The number of nitrogens with zero attached hydrogens (tertiary/aromatic N) is 3. The average Bonchev–Trinajstić information content (AvgIpc) is 2.45. The Kier molecular flexibility index (Phi) is 5.64.